The summed E-state index contributed by atoms with van der Waals surface area (Å²) < 4.78 is 5.55. The molecule has 0 aliphatic carbocycles. The minimum Gasteiger partial charge on any atom is -0.333 e. The Kier molecular flexibility index (Phi) is 1.22. The first-order chi connectivity index (χ1) is 4.47. The van der Waals surface area contributed by atoms with E-state index in [9.17, 15) is 0 Å². The van der Waals surface area contributed by atoms with Crippen molar-refractivity contribution in [1.29, 1.82) is 0 Å². The molecule has 1 aromatic heterocycles. The molecule has 0 saturated carbocycles. The second-order valence-electron chi connectivity index (χ2n) is 1.78. The van der Waals surface area contributed by atoms with Crippen molar-refractivity contribution < 1.29 is 0 Å². The molecule has 0 unspecified atom stereocenters. The van der Waals surface area contributed by atoms with Gasteiger partial charge >= 0.3 is 0 Å². The van der Waals surface area contributed by atoms with E-state index in [4.69, 9.17) is 0 Å². The molecular weight excluding hydrogens is 227 g/mol. The van der Waals surface area contributed by atoms with Crippen LogP contribution in [0.15, 0.2) is 18.5 Å². The van der Waals surface area contributed by atoms with Gasteiger partial charge in [0.2, 0.25) is 0 Å². The number of hydrogen-bond donors (Lipinski definition) is 1. The standard InChI is InChI=1S/C6H5IN2/c1-2-8-4-5-3-7-9-6(1)5/h1-4,9H. The van der Waals surface area contributed by atoms with Crippen LogP contribution in [-0.4, -0.2) is 9.00 Å². The zero-order valence-corrected chi connectivity index (χ0v) is 6.79. The lowest BCUT2D eigenvalue weighted by molar-refractivity contribution is 1.33. The number of halogens is 1. The van der Waals surface area contributed by atoms with Crippen molar-refractivity contribution in [1.82, 2.24) is 4.98 Å². The van der Waals surface area contributed by atoms with Gasteiger partial charge in [-0.15, -0.1) is 0 Å². The number of anilines is 1. The monoisotopic (exact) mass is 232 g/mol. The van der Waals surface area contributed by atoms with Crippen LogP contribution in [0.25, 0.3) is 0 Å². The number of aromatic nitrogens is 1. The lowest BCUT2D eigenvalue weighted by Crippen LogP contribution is -1.81. The highest BCUT2D eigenvalue weighted by atomic mass is 127. The van der Waals surface area contributed by atoms with Crippen molar-refractivity contribution in [2.24, 2.45) is 0 Å². The third-order valence-corrected chi connectivity index (χ3v) is 3.06. The van der Waals surface area contributed by atoms with E-state index in [1.54, 1.807) is 0 Å². The van der Waals surface area contributed by atoms with Gasteiger partial charge in [-0.3, -0.25) is 4.98 Å². The zero-order chi connectivity index (χ0) is 6.10. The summed E-state index contributed by atoms with van der Waals surface area (Å²) in [5, 5.41) is 0. The van der Waals surface area contributed by atoms with Crippen LogP contribution in [-0.2, 0) is 0 Å². The molecule has 9 heavy (non-hydrogen) atoms. The van der Waals surface area contributed by atoms with E-state index in [2.05, 4.69) is 12.5 Å². The molecule has 1 aromatic rings. The molecule has 0 bridgehead atoms. The van der Waals surface area contributed by atoms with Crippen molar-refractivity contribution in [3.8, 4) is 0 Å². The SMILES string of the molecule is C1=INc2ccncc21. The molecule has 0 fully saturated rings. The predicted molar refractivity (Wildman–Crippen MR) is 47.0 cm³/mol. The summed E-state index contributed by atoms with van der Waals surface area (Å²) in [5.41, 5.74) is 2.52. The number of hydrogen-bond acceptors (Lipinski definition) is 2. The highest BCUT2D eigenvalue weighted by Crippen LogP contribution is 2.22. The number of pyridine rings is 1. The maximum Gasteiger partial charge on any atom is 0.0533 e. The first-order valence-electron chi connectivity index (χ1n) is 2.62. The van der Waals surface area contributed by atoms with Gasteiger partial charge in [-0.05, 0) is 31.1 Å². The Hall–Kier alpha value is -0.450. The van der Waals surface area contributed by atoms with E-state index in [0.29, 0.717) is 0 Å². The van der Waals surface area contributed by atoms with Crippen LogP contribution in [0, 0.1) is 0 Å². The van der Waals surface area contributed by atoms with E-state index in [-0.39, 0.29) is 21.0 Å². The minimum atomic E-state index is 0.0975. The molecule has 1 aliphatic heterocycles. The Morgan fingerprint density at radius 2 is 2.56 bits per heavy atom. The summed E-state index contributed by atoms with van der Waals surface area (Å²) in [6.07, 6.45) is 3.71. The molecule has 2 rings (SSSR count). The molecular formula is C6H5IN2. The zero-order valence-electron chi connectivity index (χ0n) is 4.63. The number of nitrogens with one attached hydrogen (secondary N) is 1. The Labute approximate surface area is 63.4 Å². The summed E-state index contributed by atoms with van der Waals surface area (Å²) >= 11 is 0.0975. The van der Waals surface area contributed by atoms with Crippen LogP contribution in [0.5, 0.6) is 0 Å². The molecule has 3 heteroatoms. The molecule has 0 radical (unpaired) electrons. The van der Waals surface area contributed by atoms with Gasteiger partial charge < -0.3 is 3.53 Å². The Morgan fingerprint density at radius 3 is 3.44 bits per heavy atom. The molecule has 0 amide bonds. The van der Waals surface area contributed by atoms with Gasteiger partial charge in [-0.2, -0.15) is 0 Å². The van der Waals surface area contributed by atoms with Crippen LogP contribution in [0.1, 0.15) is 5.56 Å². The summed E-state index contributed by atoms with van der Waals surface area (Å²) in [5.74, 6) is 0. The second kappa shape index (κ2) is 2.06. The summed E-state index contributed by atoms with van der Waals surface area (Å²) in [6.45, 7) is 0. The molecule has 1 aliphatic rings. The third kappa shape index (κ3) is 0.849. The van der Waals surface area contributed by atoms with Gasteiger partial charge in [0.1, 0.15) is 0 Å². The van der Waals surface area contributed by atoms with Crippen LogP contribution in [0.4, 0.5) is 5.69 Å². The van der Waals surface area contributed by atoms with Gasteiger partial charge in [0, 0.05) is 18.0 Å². The number of rotatable bonds is 0. The van der Waals surface area contributed by atoms with Gasteiger partial charge in [-0.1, -0.05) is 0 Å². The van der Waals surface area contributed by atoms with E-state index in [0.717, 1.165) is 0 Å². The quantitative estimate of drug-likeness (QED) is 0.542. The van der Waals surface area contributed by atoms with E-state index in [1.807, 2.05) is 18.5 Å². The fraction of sp³-hybridized carbons (Fsp3) is 0. The Morgan fingerprint density at radius 1 is 1.56 bits per heavy atom. The van der Waals surface area contributed by atoms with Crippen molar-refractivity contribution in [3.63, 3.8) is 0 Å². The highest BCUT2D eigenvalue weighted by Gasteiger charge is 2.01. The lowest BCUT2D eigenvalue weighted by atomic mass is 10.3. The number of nitrogens with zero attached hydrogens (tertiary/aromatic N) is 1. The molecule has 0 aromatic carbocycles. The van der Waals surface area contributed by atoms with Crippen LogP contribution in [0.2, 0.25) is 0 Å². The predicted octanol–water partition coefficient (Wildman–Crippen LogP) is 1.54. The van der Waals surface area contributed by atoms with E-state index >= 15 is 0 Å². The van der Waals surface area contributed by atoms with E-state index in [1.165, 1.54) is 11.3 Å². The normalized spacial score (nSPS) is 13.8. The first kappa shape index (κ1) is 5.34. The molecule has 0 atom stereocenters. The van der Waals surface area contributed by atoms with Crippen molar-refractivity contribution in [2.75, 3.05) is 3.53 Å². The van der Waals surface area contributed by atoms with Gasteiger partial charge in [0.15, 0.2) is 0 Å². The fourth-order valence-corrected chi connectivity index (χ4v) is 2.54. The average Bonchev–Trinajstić information content (AvgIpc) is 2.33. The van der Waals surface area contributed by atoms with Crippen LogP contribution < -0.4 is 3.53 Å². The van der Waals surface area contributed by atoms with E-state index < -0.39 is 0 Å². The maximum absolute atomic E-state index is 4.00. The molecule has 2 heterocycles. The van der Waals surface area contributed by atoms with Crippen molar-refractivity contribution >= 4 is 30.7 Å². The summed E-state index contributed by atoms with van der Waals surface area (Å²) in [6, 6.07) is 2.01. The fourth-order valence-electron chi connectivity index (χ4n) is 0.724. The highest BCUT2D eigenvalue weighted by molar-refractivity contribution is 14.2. The average molecular weight is 232 g/mol. The largest absolute Gasteiger partial charge is 0.333 e. The smallest absolute Gasteiger partial charge is 0.0533 e. The van der Waals surface area contributed by atoms with Gasteiger partial charge in [0.05, 0.1) is 5.69 Å². The van der Waals surface area contributed by atoms with Crippen LogP contribution in [0.3, 0.4) is 0 Å². The summed E-state index contributed by atoms with van der Waals surface area (Å²) in [4.78, 5) is 4.00. The number of fused-ring (bicyclic) bond motifs is 1. The minimum absolute atomic E-state index is 0.0975. The first-order valence-corrected chi connectivity index (χ1v) is 4.95. The molecule has 1 N–H and O–H groups in total. The lowest BCUT2D eigenvalue weighted by Gasteiger charge is -1.93. The second-order valence-corrected chi connectivity index (χ2v) is 3.56. The Balaban J connectivity index is 2.63. The molecule has 0 spiro atoms. The Bertz CT molecular complexity index is 257. The molecule has 46 valence electrons. The van der Waals surface area contributed by atoms with Crippen molar-refractivity contribution in [2.45, 2.75) is 0 Å². The molecule has 0 saturated heterocycles. The van der Waals surface area contributed by atoms with Gasteiger partial charge in [-0.25, -0.2) is 0 Å². The maximum atomic E-state index is 4.00. The van der Waals surface area contributed by atoms with Crippen molar-refractivity contribution in [3.05, 3.63) is 24.0 Å². The van der Waals surface area contributed by atoms with Gasteiger partial charge in [0.25, 0.3) is 0 Å². The molecule has 2 nitrogen and oxygen atoms in total. The topological polar surface area (TPSA) is 24.9 Å². The third-order valence-electron chi connectivity index (χ3n) is 1.18. The van der Waals surface area contributed by atoms with Crippen LogP contribution >= 0.6 is 21.0 Å². The summed E-state index contributed by atoms with van der Waals surface area (Å²) in [7, 11) is 0.